The monoisotopic (exact) mass is 375 g/mol. The molecule has 0 bridgehead atoms. The zero-order valence-corrected chi connectivity index (χ0v) is 14.2. The second-order valence-electron chi connectivity index (χ2n) is 4.75. The highest BCUT2D eigenvalue weighted by atomic mass is 79.9. The van der Waals surface area contributed by atoms with E-state index in [9.17, 15) is 9.59 Å². The first-order valence-electron chi connectivity index (χ1n) is 6.60. The fourth-order valence-corrected chi connectivity index (χ4v) is 2.74. The lowest BCUT2D eigenvalue weighted by molar-refractivity contribution is -0.126. The van der Waals surface area contributed by atoms with E-state index >= 15 is 0 Å². The van der Waals surface area contributed by atoms with Gasteiger partial charge in [0, 0.05) is 30.5 Å². The summed E-state index contributed by atoms with van der Waals surface area (Å²) >= 11 is 3.44. The van der Waals surface area contributed by atoms with Crippen LogP contribution >= 0.6 is 28.3 Å². The molecule has 0 aromatic heterocycles. The Labute approximate surface area is 139 Å². The third kappa shape index (κ3) is 4.43. The van der Waals surface area contributed by atoms with Gasteiger partial charge in [0.15, 0.2) is 0 Å². The molecule has 1 aromatic carbocycles. The first kappa shape index (κ1) is 17.9. The van der Waals surface area contributed by atoms with Crippen LogP contribution in [0.15, 0.2) is 28.7 Å². The van der Waals surface area contributed by atoms with Crippen molar-refractivity contribution in [3.05, 3.63) is 28.7 Å². The van der Waals surface area contributed by atoms with Crippen molar-refractivity contribution in [1.29, 1.82) is 0 Å². The molecule has 0 spiro atoms. The van der Waals surface area contributed by atoms with Gasteiger partial charge in [-0.05, 0) is 35.1 Å². The van der Waals surface area contributed by atoms with Crippen LogP contribution in [0, 0.1) is 5.92 Å². The number of para-hydroxylation sites is 1. The number of hydrogen-bond acceptors (Lipinski definition) is 3. The molecule has 2 N–H and O–H groups in total. The third-order valence-corrected chi connectivity index (χ3v) is 3.98. The van der Waals surface area contributed by atoms with Crippen molar-refractivity contribution in [3.8, 4) is 0 Å². The summed E-state index contributed by atoms with van der Waals surface area (Å²) in [7, 11) is 1.83. The van der Waals surface area contributed by atoms with E-state index in [2.05, 4.69) is 26.6 Å². The lowest BCUT2D eigenvalue weighted by Gasteiger charge is -2.18. The number of hydrogen-bond donors (Lipinski definition) is 2. The maximum Gasteiger partial charge on any atom is 0.227 e. The highest BCUT2D eigenvalue weighted by Gasteiger charge is 2.35. The van der Waals surface area contributed by atoms with Crippen LogP contribution in [0.2, 0.25) is 0 Å². The summed E-state index contributed by atoms with van der Waals surface area (Å²) in [6.45, 7) is 1.74. The molecule has 1 aliphatic heterocycles. The second kappa shape index (κ2) is 8.36. The lowest BCUT2D eigenvalue weighted by atomic mass is 10.1. The predicted octanol–water partition coefficient (Wildman–Crippen LogP) is 1.56. The van der Waals surface area contributed by atoms with Crippen molar-refractivity contribution in [2.75, 3.05) is 31.6 Å². The number of nitrogens with zero attached hydrogens (tertiary/aromatic N) is 1. The van der Waals surface area contributed by atoms with Gasteiger partial charge < -0.3 is 15.5 Å². The van der Waals surface area contributed by atoms with Crippen LogP contribution < -0.4 is 15.5 Å². The molecule has 2 rings (SSSR count). The minimum absolute atomic E-state index is 0. The average molecular weight is 377 g/mol. The maximum absolute atomic E-state index is 12.1. The Morgan fingerprint density at radius 1 is 1.38 bits per heavy atom. The zero-order valence-electron chi connectivity index (χ0n) is 11.8. The molecule has 5 nitrogen and oxygen atoms in total. The number of benzene rings is 1. The molecule has 1 saturated heterocycles. The number of carbonyl (C=O) groups excluding carboxylic acids is 2. The zero-order chi connectivity index (χ0) is 14.5. The molecule has 1 fully saturated rings. The molecule has 116 valence electrons. The summed E-state index contributed by atoms with van der Waals surface area (Å²) in [5, 5.41) is 5.81. The fourth-order valence-electron chi connectivity index (χ4n) is 2.24. The summed E-state index contributed by atoms with van der Waals surface area (Å²) in [5.41, 5.74) is 0.822. The van der Waals surface area contributed by atoms with Crippen LogP contribution in [-0.4, -0.2) is 38.5 Å². The van der Waals surface area contributed by atoms with Gasteiger partial charge in [-0.2, -0.15) is 0 Å². The van der Waals surface area contributed by atoms with Crippen molar-refractivity contribution in [3.63, 3.8) is 0 Å². The Bertz CT molecular complexity index is 513. The molecule has 0 aliphatic carbocycles. The van der Waals surface area contributed by atoms with Gasteiger partial charge in [-0.1, -0.05) is 12.1 Å². The average Bonchev–Trinajstić information content (AvgIpc) is 2.81. The summed E-state index contributed by atoms with van der Waals surface area (Å²) < 4.78 is 0.865. The smallest absolute Gasteiger partial charge is 0.227 e. The number of anilines is 1. The third-order valence-electron chi connectivity index (χ3n) is 3.31. The van der Waals surface area contributed by atoms with Gasteiger partial charge in [-0.25, -0.2) is 0 Å². The Morgan fingerprint density at radius 3 is 2.76 bits per heavy atom. The minimum Gasteiger partial charge on any atom is -0.355 e. The van der Waals surface area contributed by atoms with Crippen molar-refractivity contribution in [2.24, 2.45) is 5.92 Å². The van der Waals surface area contributed by atoms with Gasteiger partial charge in [0.1, 0.15) is 0 Å². The molecule has 0 radical (unpaired) electrons. The van der Waals surface area contributed by atoms with Crippen molar-refractivity contribution in [2.45, 2.75) is 6.42 Å². The second-order valence-corrected chi connectivity index (χ2v) is 5.61. The van der Waals surface area contributed by atoms with Crippen LogP contribution in [0.1, 0.15) is 6.42 Å². The molecule has 1 atom stereocenters. The van der Waals surface area contributed by atoms with Crippen molar-refractivity contribution < 1.29 is 9.59 Å². The van der Waals surface area contributed by atoms with E-state index < -0.39 is 0 Å². The number of halogens is 2. The molecule has 1 aliphatic rings. The molecule has 1 unspecified atom stereocenters. The lowest BCUT2D eigenvalue weighted by Crippen LogP contribution is -2.36. The van der Waals surface area contributed by atoms with Crippen LogP contribution in [0.25, 0.3) is 0 Å². The van der Waals surface area contributed by atoms with Gasteiger partial charge in [0.05, 0.1) is 11.6 Å². The van der Waals surface area contributed by atoms with E-state index in [0.717, 1.165) is 16.7 Å². The summed E-state index contributed by atoms with van der Waals surface area (Å²) in [4.78, 5) is 25.8. The number of likely N-dealkylation sites (N-methyl/N-ethyl adjacent to an activating group) is 1. The van der Waals surface area contributed by atoms with Crippen molar-refractivity contribution in [1.82, 2.24) is 10.6 Å². The minimum atomic E-state index is -0.272. The number of rotatable bonds is 5. The summed E-state index contributed by atoms with van der Waals surface area (Å²) in [5.74, 6) is -0.333. The molecule has 21 heavy (non-hydrogen) atoms. The van der Waals surface area contributed by atoms with Gasteiger partial charge in [-0.15, -0.1) is 12.4 Å². The first-order chi connectivity index (χ1) is 9.63. The van der Waals surface area contributed by atoms with Gasteiger partial charge in [-0.3, -0.25) is 9.59 Å². The normalized spacial score (nSPS) is 17.5. The predicted molar refractivity (Wildman–Crippen MR) is 88.8 cm³/mol. The number of amides is 2. The molecular formula is C14H19BrClN3O2. The van der Waals surface area contributed by atoms with E-state index in [4.69, 9.17) is 0 Å². The van der Waals surface area contributed by atoms with Gasteiger partial charge in [0.25, 0.3) is 0 Å². The van der Waals surface area contributed by atoms with Crippen LogP contribution in [0.5, 0.6) is 0 Å². The molecule has 1 aromatic rings. The molecule has 7 heteroatoms. The molecule has 2 amide bonds. The standard InChI is InChI=1S/C14H18BrN3O2.ClH/c1-16-6-7-17-14(20)10-8-13(19)18(9-10)12-5-3-2-4-11(12)15;/h2-5,10,16H,6-9H2,1H3,(H,17,20);1H. The van der Waals surface area contributed by atoms with Crippen LogP contribution in [0.3, 0.4) is 0 Å². The molecule has 1 heterocycles. The van der Waals surface area contributed by atoms with Gasteiger partial charge in [0.2, 0.25) is 11.8 Å². The summed E-state index contributed by atoms with van der Waals surface area (Å²) in [6, 6.07) is 7.55. The number of nitrogens with one attached hydrogen (secondary N) is 2. The number of carbonyl (C=O) groups is 2. The van der Waals surface area contributed by atoms with E-state index in [0.29, 0.717) is 13.1 Å². The maximum atomic E-state index is 12.1. The van der Waals surface area contributed by atoms with Gasteiger partial charge >= 0.3 is 0 Å². The van der Waals surface area contributed by atoms with E-state index in [1.165, 1.54) is 0 Å². The molecular weight excluding hydrogens is 358 g/mol. The summed E-state index contributed by atoms with van der Waals surface area (Å²) in [6.07, 6.45) is 0.271. The SMILES string of the molecule is CNCCNC(=O)C1CC(=O)N(c2ccccc2Br)C1.Cl. The van der Waals surface area contributed by atoms with E-state index in [-0.39, 0.29) is 36.6 Å². The highest BCUT2D eigenvalue weighted by Crippen LogP contribution is 2.31. The van der Waals surface area contributed by atoms with E-state index in [1.54, 1.807) is 4.90 Å². The Balaban J connectivity index is 0.00000220. The quantitative estimate of drug-likeness (QED) is 0.767. The highest BCUT2D eigenvalue weighted by molar-refractivity contribution is 9.10. The Hall–Kier alpha value is -1.11. The first-order valence-corrected chi connectivity index (χ1v) is 7.40. The molecule has 0 saturated carbocycles. The fraction of sp³-hybridized carbons (Fsp3) is 0.429. The Morgan fingerprint density at radius 2 is 2.10 bits per heavy atom. The largest absolute Gasteiger partial charge is 0.355 e. The van der Waals surface area contributed by atoms with Crippen molar-refractivity contribution >= 4 is 45.8 Å². The van der Waals surface area contributed by atoms with Crippen LogP contribution in [-0.2, 0) is 9.59 Å². The van der Waals surface area contributed by atoms with E-state index in [1.807, 2.05) is 31.3 Å². The van der Waals surface area contributed by atoms with Crippen LogP contribution in [0.4, 0.5) is 5.69 Å². The Kier molecular flexibility index (Phi) is 7.14. The topological polar surface area (TPSA) is 61.4 Å².